The molecule has 0 bridgehead atoms. The first-order valence-electron chi connectivity index (χ1n) is 6.19. The Morgan fingerprint density at radius 1 is 1.47 bits per heavy atom. The van der Waals surface area contributed by atoms with E-state index < -0.39 is 0 Å². The summed E-state index contributed by atoms with van der Waals surface area (Å²) in [6, 6.07) is 2.14. The Morgan fingerprint density at radius 2 is 2.26 bits per heavy atom. The number of aryl methyl sites for hydroxylation is 1. The van der Waals surface area contributed by atoms with Gasteiger partial charge in [-0.25, -0.2) is 9.97 Å². The van der Waals surface area contributed by atoms with Crippen molar-refractivity contribution in [3.05, 3.63) is 12.0 Å². The molecule has 0 fully saturated rings. The van der Waals surface area contributed by atoms with E-state index in [2.05, 4.69) is 26.0 Å². The Bertz CT molecular complexity index is 610. The maximum atomic E-state index is 8.63. The van der Waals surface area contributed by atoms with E-state index >= 15 is 0 Å². The number of nitrogen functional groups attached to an aromatic ring is 1. The van der Waals surface area contributed by atoms with Crippen molar-refractivity contribution < 1.29 is 0 Å². The van der Waals surface area contributed by atoms with Gasteiger partial charge in [-0.05, 0) is 6.54 Å². The van der Waals surface area contributed by atoms with E-state index in [0.717, 1.165) is 17.6 Å². The van der Waals surface area contributed by atoms with Gasteiger partial charge in [-0.3, -0.25) is 9.58 Å². The average Bonchev–Trinajstić information content (AvgIpc) is 2.77. The zero-order chi connectivity index (χ0) is 13.8. The molecule has 0 aromatic carbocycles. The van der Waals surface area contributed by atoms with Gasteiger partial charge in [0.25, 0.3) is 0 Å². The molecular formula is C12H17N7. The number of rotatable bonds is 5. The molecule has 0 atom stereocenters. The van der Waals surface area contributed by atoms with Crippen molar-refractivity contribution in [2.75, 3.05) is 18.8 Å². The predicted octanol–water partition coefficient (Wildman–Crippen LogP) is 0.681. The molecule has 0 aliphatic heterocycles. The number of nitrogens with two attached hydrogens (primary N) is 1. The molecular weight excluding hydrogens is 242 g/mol. The fraction of sp³-hybridized carbons (Fsp3) is 0.500. The minimum Gasteiger partial charge on any atom is -0.383 e. The summed E-state index contributed by atoms with van der Waals surface area (Å²) in [6.07, 6.45) is 2.17. The second kappa shape index (κ2) is 5.63. The molecule has 2 heterocycles. The molecule has 19 heavy (non-hydrogen) atoms. The highest BCUT2D eigenvalue weighted by molar-refractivity contribution is 5.84. The number of nitrogens with zero attached hydrogens (tertiary/aromatic N) is 6. The van der Waals surface area contributed by atoms with E-state index in [1.165, 1.54) is 0 Å². The minimum atomic E-state index is 0.449. The summed E-state index contributed by atoms with van der Waals surface area (Å²) in [4.78, 5) is 10.9. The van der Waals surface area contributed by atoms with Gasteiger partial charge in [-0.1, -0.05) is 6.92 Å². The summed E-state index contributed by atoms with van der Waals surface area (Å²) in [5, 5.41) is 13.5. The maximum Gasteiger partial charge on any atom is 0.163 e. The second-order valence-corrected chi connectivity index (χ2v) is 4.31. The predicted molar refractivity (Wildman–Crippen MR) is 71.9 cm³/mol. The number of fused-ring (bicyclic) bond motifs is 1. The van der Waals surface area contributed by atoms with Crippen LogP contribution in [0.5, 0.6) is 0 Å². The van der Waals surface area contributed by atoms with E-state index in [-0.39, 0.29) is 0 Å². The molecule has 0 unspecified atom stereocenters. The van der Waals surface area contributed by atoms with Crippen molar-refractivity contribution >= 4 is 16.9 Å². The highest BCUT2D eigenvalue weighted by Crippen LogP contribution is 2.16. The number of aromatic nitrogens is 4. The van der Waals surface area contributed by atoms with Crippen molar-refractivity contribution in [3.8, 4) is 6.07 Å². The van der Waals surface area contributed by atoms with Crippen LogP contribution in [0.1, 0.15) is 19.2 Å². The molecule has 0 amide bonds. The monoisotopic (exact) mass is 259 g/mol. The fourth-order valence-electron chi connectivity index (χ4n) is 1.92. The van der Waals surface area contributed by atoms with Crippen LogP contribution in [0.2, 0.25) is 0 Å². The molecule has 7 heteroatoms. The van der Waals surface area contributed by atoms with Gasteiger partial charge in [0.1, 0.15) is 11.6 Å². The Morgan fingerprint density at radius 3 is 2.95 bits per heavy atom. The highest BCUT2D eigenvalue weighted by Gasteiger charge is 2.11. The molecule has 2 aromatic heterocycles. The van der Waals surface area contributed by atoms with Gasteiger partial charge < -0.3 is 5.73 Å². The molecule has 0 saturated heterocycles. The van der Waals surface area contributed by atoms with Crippen LogP contribution in [-0.4, -0.2) is 37.7 Å². The van der Waals surface area contributed by atoms with E-state index in [0.29, 0.717) is 31.2 Å². The third-order valence-electron chi connectivity index (χ3n) is 3.02. The van der Waals surface area contributed by atoms with Crippen molar-refractivity contribution in [1.29, 1.82) is 5.26 Å². The van der Waals surface area contributed by atoms with Crippen LogP contribution in [0, 0.1) is 11.3 Å². The van der Waals surface area contributed by atoms with Gasteiger partial charge in [0.2, 0.25) is 0 Å². The number of hydrogen-bond donors (Lipinski definition) is 1. The van der Waals surface area contributed by atoms with Crippen molar-refractivity contribution in [2.45, 2.75) is 19.9 Å². The summed E-state index contributed by atoms with van der Waals surface area (Å²) in [5.41, 5.74) is 6.65. The van der Waals surface area contributed by atoms with Crippen LogP contribution in [0.15, 0.2) is 6.20 Å². The topological polar surface area (TPSA) is 96.6 Å². The smallest absolute Gasteiger partial charge is 0.163 e. The molecule has 0 spiro atoms. The van der Waals surface area contributed by atoms with Crippen molar-refractivity contribution in [1.82, 2.24) is 24.6 Å². The summed E-state index contributed by atoms with van der Waals surface area (Å²) in [6.45, 7) is 4.18. The van der Waals surface area contributed by atoms with Gasteiger partial charge in [0.15, 0.2) is 5.65 Å². The van der Waals surface area contributed by atoms with E-state index in [4.69, 9.17) is 11.0 Å². The molecule has 0 aliphatic carbocycles. The number of nitriles is 1. The first-order chi connectivity index (χ1) is 9.15. The number of hydrogen-bond acceptors (Lipinski definition) is 6. The molecule has 2 N–H and O–H groups in total. The SMILES string of the molecule is CCN(CCC#N)Cc1nc(N)c2cnn(C)c2n1. The Balaban J connectivity index is 2.25. The normalized spacial score (nSPS) is 11.1. The quantitative estimate of drug-likeness (QED) is 0.848. The van der Waals surface area contributed by atoms with Gasteiger partial charge in [0, 0.05) is 20.0 Å². The molecule has 100 valence electrons. The third kappa shape index (κ3) is 2.80. The van der Waals surface area contributed by atoms with Gasteiger partial charge in [-0.2, -0.15) is 10.4 Å². The van der Waals surface area contributed by atoms with Crippen molar-refractivity contribution in [2.24, 2.45) is 7.05 Å². The van der Waals surface area contributed by atoms with Gasteiger partial charge in [0.05, 0.1) is 24.2 Å². The molecule has 7 nitrogen and oxygen atoms in total. The minimum absolute atomic E-state index is 0.449. The van der Waals surface area contributed by atoms with E-state index in [1.54, 1.807) is 10.9 Å². The van der Waals surface area contributed by atoms with Gasteiger partial charge >= 0.3 is 0 Å². The Labute approximate surface area is 111 Å². The van der Waals surface area contributed by atoms with Crippen LogP contribution < -0.4 is 5.73 Å². The summed E-state index contributed by atoms with van der Waals surface area (Å²) in [7, 11) is 1.83. The Kier molecular flexibility index (Phi) is 3.92. The van der Waals surface area contributed by atoms with Crippen LogP contribution in [0.4, 0.5) is 5.82 Å². The summed E-state index contributed by atoms with van der Waals surface area (Å²) in [5.74, 6) is 1.11. The molecule has 0 radical (unpaired) electrons. The van der Waals surface area contributed by atoms with Crippen molar-refractivity contribution in [3.63, 3.8) is 0 Å². The molecule has 2 rings (SSSR count). The largest absolute Gasteiger partial charge is 0.383 e. The lowest BCUT2D eigenvalue weighted by Gasteiger charge is -2.17. The van der Waals surface area contributed by atoms with Crippen LogP contribution in [-0.2, 0) is 13.6 Å². The highest BCUT2D eigenvalue weighted by atomic mass is 15.3. The lowest BCUT2D eigenvalue weighted by atomic mass is 10.3. The Hall–Kier alpha value is -2.20. The first-order valence-corrected chi connectivity index (χ1v) is 6.19. The van der Waals surface area contributed by atoms with Crippen LogP contribution in [0.25, 0.3) is 11.0 Å². The molecule has 0 saturated carbocycles. The lowest BCUT2D eigenvalue weighted by molar-refractivity contribution is 0.280. The lowest BCUT2D eigenvalue weighted by Crippen LogP contribution is -2.25. The van der Waals surface area contributed by atoms with Crippen LogP contribution >= 0.6 is 0 Å². The third-order valence-corrected chi connectivity index (χ3v) is 3.02. The summed E-state index contributed by atoms with van der Waals surface area (Å²) >= 11 is 0. The average molecular weight is 259 g/mol. The first kappa shape index (κ1) is 13.2. The fourth-order valence-corrected chi connectivity index (χ4v) is 1.92. The summed E-state index contributed by atoms with van der Waals surface area (Å²) < 4.78 is 1.68. The zero-order valence-electron chi connectivity index (χ0n) is 11.2. The molecule has 0 aliphatic rings. The van der Waals surface area contributed by atoms with Gasteiger partial charge in [-0.15, -0.1) is 0 Å². The van der Waals surface area contributed by atoms with Crippen LogP contribution in [0.3, 0.4) is 0 Å². The maximum absolute atomic E-state index is 8.63. The zero-order valence-corrected chi connectivity index (χ0v) is 11.2. The second-order valence-electron chi connectivity index (χ2n) is 4.31. The standard InChI is InChI=1S/C12H17N7/c1-3-19(6-4-5-13)8-10-16-11(14)9-7-15-18(2)12(9)17-10/h7H,3-4,6,8H2,1-2H3,(H2,14,16,17). The van der Waals surface area contributed by atoms with E-state index in [9.17, 15) is 0 Å². The van der Waals surface area contributed by atoms with E-state index in [1.807, 2.05) is 14.0 Å². The molecule has 2 aromatic rings. The number of anilines is 1.